The maximum Gasteiger partial charge on any atom is 0.320 e. The summed E-state index contributed by atoms with van der Waals surface area (Å²) >= 11 is 0. The van der Waals surface area contributed by atoms with E-state index in [2.05, 4.69) is 30.6 Å². The number of hydrogen-bond acceptors (Lipinski definition) is 9. The van der Waals surface area contributed by atoms with E-state index in [1.807, 2.05) is 60.7 Å². The number of aromatic nitrogens is 4. The molecule has 4 aromatic rings. The highest BCUT2D eigenvalue weighted by Crippen LogP contribution is 2.28. The predicted octanol–water partition coefficient (Wildman–Crippen LogP) is 3.45. The lowest BCUT2D eigenvalue weighted by atomic mass is 9.91. The first-order valence-corrected chi connectivity index (χ1v) is 18.0. The molecule has 13 heteroatoms. The predicted molar refractivity (Wildman–Crippen MR) is 195 cm³/mol. The highest BCUT2D eigenvalue weighted by Gasteiger charge is 2.45. The summed E-state index contributed by atoms with van der Waals surface area (Å²) in [5.74, 6) is -0.576. The van der Waals surface area contributed by atoms with E-state index < -0.39 is 24.3 Å². The fourth-order valence-electron chi connectivity index (χ4n) is 6.55. The number of nitrogens with one attached hydrogen (secondary N) is 2. The Morgan fingerprint density at radius 1 is 0.596 bits per heavy atom. The van der Waals surface area contributed by atoms with Gasteiger partial charge in [0.25, 0.3) is 11.8 Å². The Hall–Kier alpha value is -5.27. The largest absolute Gasteiger partial charge is 0.388 e. The average molecular weight is 709 g/mol. The van der Waals surface area contributed by atoms with Crippen molar-refractivity contribution in [3.8, 4) is 0 Å². The Morgan fingerprint density at radius 2 is 1.02 bits per heavy atom. The number of rotatable bonds is 18. The molecule has 0 saturated carbocycles. The van der Waals surface area contributed by atoms with Crippen LogP contribution in [0.4, 0.5) is 4.79 Å². The van der Waals surface area contributed by atoms with Gasteiger partial charge in [-0.05, 0) is 62.5 Å². The lowest BCUT2D eigenvalue weighted by Crippen LogP contribution is -2.51. The number of amides is 4. The Morgan fingerprint density at radius 3 is 1.40 bits per heavy atom. The zero-order chi connectivity index (χ0) is 36.5. The van der Waals surface area contributed by atoms with Crippen LogP contribution >= 0.6 is 0 Å². The maximum atomic E-state index is 14.7. The lowest BCUT2D eigenvalue weighted by molar-refractivity contribution is -0.0396. The Labute approximate surface area is 304 Å². The molecule has 2 aromatic carbocycles. The third-order valence-corrected chi connectivity index (χ3v) is 9.32. The van der Waals surface area contributed by atoms with Gasteiger partial charge < -0.3 is 30.6 Å². The molecular weight excluding hydrogens is 660 g/mol. The third-order valence-electron chi connectivity index (χ3n) is 9.32. The minimum absolute atomic E-state index is 0.218. The zero-order valence-electron chi connectivity index (χ0n) is 29.3. The fourth-order valence-corrected chi connectivity index (χ4v) is 6.55. The summed E-state index contributed by atoms with van der Waals surface area (Å²) in [5.41, 5.74) is 2.43. The molecule has 0 radical (unpaired) electrons. The normalized spacial score (nSPS) is 18.8. The van der Waals surface area contributed by atoms with Gasteiger partial charge in [-0.25, -0.2) is 14.8 Å². The van der Waals surface area contributed by atoms with Crippen molar-refractivity contribution in [1.82, 2.24) is 40.4 Å². The molecule has 52 heavy (non-hydrogen) atoms. The first-order valence-electron chi connectivity index (χ1n) is 18.0. The summed E-state index contributed by atoms with van der Waals surface area (Å²) in [6.45, 7) is 1.65. The number of urea groups is 1. The van der Waals surface area contributed by atoms with Crippen molar-refractivity contribution in [3.63, 3.8) is 0 Å². The highest BCUT2D eigenvalue weighted by molar-refractivity contribution is 5.92. The second-order valence-corrected chi connectivity index (χ2v) is 13.0. The minimum atomic E-state index is -1.19. The molecule has 13 nitrogen and oxygen atoms in total. The number of nitrogens with zero attached hydrogens (tertiary/aromatic N) is 6. The molecule has 3 heterocycles. The van der Waals surface area contributed by atoms with E-state index in [9.17, 15) is 24.6 Å². The van der Waals surface area contributed by atoms with Crippen molar-refractivity contribution in [1.29, 1.82) is 0 Å². The number of aliphatic hydroxyl groups excluding tert-OH is 2. The minimum Gasteiger partial charge on any atom is -0.388 e. The van der Waals surface area contributed by atoms with Crippen LogP contribution in [0.1, 0.15) is 70.6 Å². The molecule has 1 aliphatic rings. The molecule has 2 aromatic heterocycles. The van der Waals surface area contributed by atoms with Crippen molar-refractivity contribution >= 4 is 17.8 Å². The quantitative estimate of drug-likeness (QED) is 0.113. The van der Waals surface area contributed by atoms with Gasteiger partial charge in [0.1, 0.15) is 23.6 Å². The van der Waals surface area contributed by atoms with Crippen LogP contribution in [0.25, 0.3) is 0 Å². The van der Waals surface area contributed by atoms with Crippen LogP contribution < -0.4 is 10.6 Å². The second kappa shape index (κ2) is 19.9. The molecule has 0 spiro atoms. The smallest absolute Gasteiger partial charge is 0.320 e. The van der Waals surface area contributed by atoms with Crippen LogP contribution in [0, 0.1) is 0 Å². The standard InChI is InChI=1S/C39H48N8O5/c48-35-33(25-29-13-5-1-6-14-29)46(23-11-3-9-17-44-37(50)31-27-40-19-21-42-31)39(52)47(34(36(35)49)26-30-15-7-2-8-16-30)24-12-4-10-18-45-38(51)32-28-41-20-22-43-32/h1-2,5-8,13-16,19-22,27-28,33-36,48-49H,3-4,9-12,17-18,23-26H2,(H,44,50)(H,45,51)/t33-,34-,35+,36+/m1/s1. The molecule has 0 aliphatic carbocycles. The van der Waals surface area contributed by atoms with Crippen molar-refractivity contribution in [2.75, 3.05) is 26.2 Å². The Bertz CT molecular complexity index is 1550. The van der Waals surface area contributed by atoms with Crippen LogP contribution in [0.2, 0.25) is 0 Å². The fraction of sp³-hybridized carbons (Fsp3) is 0.410. The van der Waals surface area contributed by atoms with Gasteiger partial charge in [0.05, 0.1) is 24.5 Å². The SMILES string of the molecule is O=C(NCCCCCN1C(=O)N(CCCCCNC(=O)c2cnccn2)[C@H](Cc2ccccc2)[C@H](O)[C@@H](O)[C@H]1Cc1ccccc1)c1cnccn1. The number of carbonyl (C=O) groups excluding carboxylic acids is 3. The van der Waals surface area contributed by atoms with Gasteiger partial charge in [0.2, 0.25) is 0 Å². The van der Waals surface area contributed by atoms with Gasteiger partial charge in [-0.15, -0.1) is 0 Å². The first-order chi connectivity index (χ1) is 25.4. The molecule has 274 valence electrons. The van der Waals surface area contributed by atoms with Crippen LogP contribution in [-0.4, -0.2) is 108 Å². The summed E-state index contributed by atoms with van der Waals surface area (Å²) in [6, 6.07) is 17.9. The summed E-state index contributed by atoms with van der Waals surface area (Å²) < 4.78 is 0. The topological polar surface area (TPSA) is 174 Å². The van der Waals surface area contributed by atoms with Gasteiger partial charge >= 0.3 is 6.03 Å². The molecule has 1 aliphatic heterocycles. The second-order valence-electron chi connectivity index (χ2n) is 13.0. The molecule has 1 fully saturated rings. The van der Waals surface area contributed by atoms with Crippen LogP contribution in [0.15, 0.2) is 97.8 Å². The molecule has 0 bridgehead atoms. The Balaban J connectivity index is 1.26. The van der Waals surface area contributed by atoms with E-state index in [1.165, 1.54) is 37.2 Å². The van der Waals surface area contributed by atoms with Gasteiger partial charge in [-0.1, -0.05) is 60.7 Å². The average Bonchev–Trinajstić information content (AvgIpc) is 3.25. The molecule has 1 saturated heterocycles. The summed E-state index contributed by atoms with van der Waals surface area (Å²) in [5, 5.41) is 29.4. The van der Waals surface area contributed by atoms with Crippen LogP contribution in [0.3, 0.4) is 0 Å². The number of aliphatic hydroxyl groups is 2. The van der Waals surface area contributed by atoms with E-state index in [0.717, 1.165) is 24.0 Å². The van der Waals surface area contributed by atoms with Crippen molar-refractivity contribution < 1.29 is 24.6 Å². The summed E-state index contributed by atoms with van der Waals surface area (Å²) in [6.07, 6.45) is 11.3. The van der Waals surface area contributed by atoms with E-state index in [0.29, 0.717) is 64.7 Å². The van der Waals surface area contributed by atoms with Gasteiger partial charge in [-0.2, -0.15) is 0 Å². The van der Waals surface area contributed by atoms with Crippen molar-refractivity contribution in [2.45, 2.75) is 75.7 Å². The molecule has 4 N–H and O–H groups in total. The molecule has 5 rings (SSSR count). The highest BCUT2D eigenvalue weighted by atomic mass is 16.3. The van der Waals surface area contributed by atoms with Crippen LogP contribution in [0.5, 0.6) is 0 Å². The van der Waals surface area contributed by atoms with Gasteiger partial charge in [-0.3, -0.25) is 19.6 Å². The van der Waals surface area contributed by atoms with Crippen molar-refractivity contribution in [3.05, 3.63) is 120 Å². The van der Waals surface area contributed by atoms with E-state index in [4.69, 9.17) is 0 Å². The number of benzene rings is 2. The van der Waals surface area contributed by atoms with Crippen molar-refractivity contribution in [2.24, 2.45) is 0 Å². The van der Waals surface area contributed by atoms with Gasteiger partial charge in [0, 0.05) is 51.0 Å². The summed E-state index contributed by atoms with van der Waals surface area (Å²) in [4.78, 5) is 58.8. The summed E-state index contributed by atoms with van der Waals surface area (Å²) in [7, 11) is 0. The third kappa shape index (κ3) is 10.9. The molecular formula is C39H48N8O5. The lowest BCUT2D eigenvalue weighted by Gasteiger charge is -2.36. The number of unbranched alkanes of at least 4 members (excludes halogenated alkanes) is 4. The van der Waals surface area contributed by atoms with E-state index in [-0.39, 0.29) is 29.2 Å². The zero-order valence-corrected chi connectivity index (χ0v) is 29.3. The van der Waals surface area contributed by atoms with Gasteiger partial charge in [0.15, 0.2) is 0 Å². The number of hydrogen-bond donors (Lipinski definition) is 4. The maximum absolute atomic E-state index is 14.7. The first kappa shape index (κ1) is 38.0. The van der Waals surface area contributed by atoms with E-state index >= 15 is 0 Å². The Kier molecular flexibility index (Phi) is 14.6. The number of carbonyl (C=O) groups is 3. The molecule has 4 amide bonds. The monoisotopic (exact) mass is 708 g/mol. The molecule has 0 unspecified atom stereocenters. The van der Waals surface area contributed by atoms with Crippen LogP contribution in [-0.2, 0) is 12.8 Å². The molecule has 4 atom stereocenters. The van der Waals surface area contributed by atoms with E-state index in [1.54, 1.807) is 9.80 Å².